The van der Waals surface area contributed by atoms with Crippen molar-refractivity contribution in [2.75, 3.05) is 63.0 Å². The van der Waals surface area contributed by atoms with Gasteiger partial charge in [-0.05, 0) is 86.7 Å². The Kier molecular flexibility index (Phi) is 12.3. The minimum Gasteiger partial charge on any atom is -0.475 e. The number of aliphatic carboxylic acids is 1. The van der Waals surface area contributed by atoms with Crippen molar-refractivity contribution in [1.82, 2.24) is 44.7 Å². The number of ether oxygens (including phenoxy) is 1. The molecular weight excluding hydrogens is 900 g/mol. The lowest BCUT2D eigenvalue weighted by Crippen LogP contribution is -2.71. The largest absolute Gasteiger partial charge is 0.490 e. The first-order chi connectivity index (χ1) is 33.2. The number of rotatable bonds is 9. The summed E-state index contributed by atoms with van der Waals surface area (Å²) in [6.45, 7) is 8.24. The highest BCUT2D eigenvalue weighted by atomic mass is 19.4. The van der Waals surface area contributed by atoms with Gasteiger partial charge in [-0.25, -0.2) is 19.4 Å². The molecule has 1 saturated carbocycles. The second-order valence-corrected chi connectivity index (χ2v) is 18.4. The Morgan fingerprint density at radius 2 is 1.33 bits per heavy atom. The number of piperidine rings is 1. The summed E-state index contributed by atoms with van der Waals surface area (Å²) in [6.07, 6.45) is 1.01. The number of fused-ring (bicyclic) bond motifs is 2. The first kappa shape index (κ1) is 45.8. The van der Waals surface area contributed by atoms with Gasteiger partial charge in [0.25, 0.3) is 11.8 Å². The number of benzene rings is 3. The number of nitrogens with zero attached hydrogens (tertiary/aromatic N) is 9. The summed E-state index contributed by atoms with van der Waals surface area (Å²) >= 11 is 0. The third-order valence-corrected chi connectivity index (χ3v) is 14.3. The maximum absolute atomic E-state index is 13.3. The molecule has 3 aromatic carbocycles. The molecule has 5 aromatic rings. The number of imide groups is 2. The first-order valence-corrected chi connectivity index (χ1v) is 23.1. The number of nitrogens with one attached hydrogen (secondary N) is 1. The standard InChI is InChI=1S/C46H49N11O5.C2HF3O2/c47-42-40-41(28-6-13-35(14-7-28)62-34-4-2-1-3-5-34)51-57(43(40)49-27-48-42)30-10-8-29(9-11-30)52-18-20-53(21-19-52)32-23-55(24-32)33-25-54(26-33)31-12-15-36-37(22-31)46(61)56(45(36)60)38-16-17-39(58)50-44(38)59;3-2(4,5)1(6)7/h1-7,12-15,22,27,29-30,32-33,38H,8-11,16-21,23-26H2,(H2,47,48,49)(H,50,58,59);(H,6,7). The lowest BCUT2D eigenvalue weighted by Gasteiger charge is -2.56. The fourth-order valence-corrected chi connectivity index (χ4v) is 10.5. The third kappa shape index (κ3) is 9.08. The lowest BCUT2D eigenvalue weighted by molar-refractivity contribution is -0.192. The summed E-state index contributed by atoms with van der Waals surface area (Å²) in [6, 6.07) is 24.0. The van der Waals surface area contributed by atoms with Crippen LogP contribution in [0.2, 0.25) is 0 Å². The van der Waals surface area contributed by atoms with Gasteiger partial charge in [-0.1, -0.05) is 18.2 Å². The molecule has 0 bridgehead atoms. The molecule has 1 atom stereocenters. The number of carboxylic acids is 1. The van der Waals surface area contributed by atoms with E-state index >= 15 is 0 Å². The molecule has 4 saturated heterocycles. The zero-order valence-corrected chi connectivity index (χ0v) is 37.4. The molecule has 1 unspecified atom stereocenters. The zero-order chi connectivity index (χ0) is 48.1. The lowest BCUT2D eigenvalue weighted by atomic mass is 9.89. The van der Waals surface area contributed by atoms with E-state index in [0.29, 0.717) is 35.1 Å². The van der Waals surface area contributed by atoms with Crippen molar-refractivity contribution in [3.63, 3.8) is 0 Å². The molecule has 5 aliphatic heterocycles. The van der Waals surface area contributed by atoms with Gasteiger partial charge < -0.3 is 20.5 Å². The Morgan fingerprint density at radius 3 is 1.99 bits per heavy atom. The quantitative estimate of drug-likeness (QED) is 0.173. The maximum Gasteiger partial charge on any atom is 0.490 e. The van der Waals surface area contributed by atoms with Crippen LogP contribution in [-0.2, 0) is 14.4 Å². The number of nitrogens with two attached hydrogens (primary N) is 1. The number of likely N-dealkylation sites (tertiary alicyclic amines) is 1. The van der Waals surface area contributed by atoms with Crippen LogP contribution in [-0.4, -0.2) is 157 Å². The molecule has 69 heavy (non-hydrogen) atoms. The number of carboxylic acid groups (broad SMARTS) is 1. The van der Waals surface area contributed by atoms with Crippen LogP contribution in [0, 0.1) is 0 Å². The minimum atomic E-state index is -5.08. The van der Waals surface area contributed by atoms with Gasteiger partial charge in [-0.2, -0.15) is 18.3 Å². The average molecular weight is 950 g/mol. The number of amides is 4. The van der Waals surface area contributed by atoms with Gasteiger partial charge in [0.05, 0.1) is 22.6 Å². The van der Waals surface area contributed by atoms with Crippen LogP contribution in [0.25, 0.3) is 22.3 Å². The number of hydrogen-bond acceptors (Lipinski definition) is 14. The topological polar surface area (TPSA) is 213 Å². The number of para-hydroxylation sites is 1. The number of alkyl halides is 3. The van der Waals surface area contributed by atoms with E-state index in [0.717, 1.165) is 122 Å². The van der Waals surface area contributed by atoms with E-state index in [4.69, 9.17) is 25.5 Å². The second kappa shape index (κ2) is 18.5. The highest BCUT2D eigenvalue weighted by molar-refractivity contribution is 6.23. The summed E-state index contributed by atoms with van der Waals surface area (Å²) in [7, 11) is 0. The summed E-state index contributed by atoms with van der Waals surface area (Å²) in [5, 5.41) is 15.3. The van der Waals surface area contributed by atoms with Crippen LogP contribution in [0.3, 0.4) is 0 Å². The van der Waals surface area contributed by atoms with Gasteiger partial charge in [0, 0.05) is 88.2 Å². The number of hydrogen-bond donors (Lipinski definition) is 3. The van der Waals surface area contributed by atoms with E-state index in [1.165, 1.54) is 6.33 Å². The first-order valence-electron chi connectivity index (χ1n) is 23.1. The predicted octanol–water partition coefficient (Wildman–Crippen LogP) is 4.58. The predicted molar refractivity (Wildman–Crippen MR) is 244 cm³/mol. The fraction of sp³-hybridized carbons (Fsp3) is 0.417. The molecule has 18 nitrogen and oxygen atoms in total. The van der Waals surface area contributed by atoms with E-state index in [1.54, 1.807) is 12.1 Å². The van der Waals surface area contributed by atoms with Crippen LogP contribution in [0.1, 0.15) is 65.3 Å². The van der Waals surface area contributed by atoms with Crippen molar-refractivity contribution in [3.8, 4) is 22.8 Å². The smallest absolute Gasteiger partial charge is 0.475 e. The number of halogens is 3. The summed E-state index contributed by atoms with van der Waals surface area (Å²) in [5.41, 5.74) is 10.5. The Hall–Kier alpha value is -6.97. The van der Waals surface area contributed by atoms with E-state index in [2.05, 4.69) is 39.6 Å². The molecule has 4 N–H and O–H groups in total. The molecule has 21 heteroatoms. The van der Waals surface area contributed by atoms with Crippen molar-refractivity contribution >= 4 is 52.1 Å². The van der Waals surface area contributed by atoms with Crippen LogP contribution in [0.4, 0.5) is 24.7 Å². The number of carbonyl (C=O) groups excluding carboxylic acids is 4. The van der Waals surface area contributed by atoms with E-state index in [-0.39, 0.29) is 24.8 Å². The number of anilines is 2. The van der Waals surface area contributed by atoms with Crippen molar-refractivity contribution in [2.24, 2.45) is 0 Å². The normalized spacial score (nSPS) is 23.0. The van der Waals surface area contributed by atoms with Gasteiger partial charge in [0.1, 0.15) is 35.4 Å². The maximum atomic E-state index is 13.3. The molecule has 0 spiro atoms. The van der Waals surface area contributed by atoms with Crippen molar-refractivity contribution in [1.29, 1.82) is 0 Å². The van der Waals surface area contributed by atoms with E-state index in [1.807, 2.05) is 60.7 Å². The molecule has 11 rings (SSSR count). The molecule has 5 fully saturated rings. The average Bonchev–Trinajstić information content (AvgIpc) is 3.82. The molecular formula is C48H50F3N11O7. The number of piperazine rings is 1. The summed E-state index contributed by atoms with van der Waals surface area (Å²) < 4.78 is 39.9. The zero-order valence-electron chi connectivity index (χ0n) is 37.4. The number of nitrogen functional groups attached to an aromatic ring is 1. The third-order valence-electron chi connectivity index (χ3n) is 14.3. The number of carbonyl (C=O) groups is 5. The van der Waals surface area contributed by atoms with Crippen molar-refractivity contribution in [3.05, 3.63) is 90.3 Å². The van der Waals surface area contributed by atoms with Gasteiger partial charge >= 0.3 is 12.1 Å². The van der Waals surface area contributed by atoms with E-state index in [9.17, 15) is 32.3 Å². The molecule has 0 radical (unpaired) electrons. The van der Waals surface area contributed by atoms with Gasteiger partial charge in [-0.3, -0.25) is 44.1 Å². The highest BCUT2D eigenvalue weighted by Crippen LogP contribution is 2.39. The molecule has 6 aliphatic rings. The molecule has 4 amide bonds. The van der Waals surface area contributed by atoms with Crippen LogP contribution >= 0.6 is 0 Å². The Labute approximate surface area is 393 Å². The molecule has 1 aliphatic carbocycles. The SMILES string of the molecule is Nc1ncnc2c1c(-c1ccc(Oc3ccccc3)cc1)nn2C1CCC(N2CCN(C3CN(C4CN(c5ccc6c(c5)C(=O)N(C5CCC(=O)NC5=O)C6=O)C4)C3)CC2)CC1.O=C(O)C(F)(F)F. The second-order valence-electron chi connectivity index (χ2n) is 18.4. The van der Waals surface area contributed by atoms with E-state index < -0.39 is 35.9 Å². The molecule has 360 valence electrons. The van der Waals surface area contributed by atoms with Gasteiger partial charge in [-0.15, -0.1) is 0 Å². The highest BCUT2D eigenvalue weighted by Gasteiger charge is 2.46. The molecule has 7 heterocycles. The Morgan fingerprint density at radius 1 is 0.725 bits per heavy atom. The van der Waals surface area contributed by atoms with Crippen molar-refractivity contribution in [2.45, 2.75) is 74.9 Å². The van der Waals surface area contributed by atoms with Gasteiger partial charge in [0.15, 0.2) is 5.65 Å². The molecule has 2 aromatic heterocycles. The summed E-state index contributed by atoms with van der Waals surface area (Å²) in [4.78, 5) is 79.7. The Bertz CT molecular complexity index is 2780. The Balaban J connectivity index is 0.000000736. The van der Waals surface area contributed by atoms with Crippen LogP contribution in [0.5, 0.6) is 11.5 Å². The van der Waals surface area contributed by atoms with Crippen LogP contribution < -0.4 is 20.7 Å². The van der Waals surface area contributed by atoms with Crippen LogP contribution in [0.15, 0.2) is 79.1 Å². The van der Waals surface area contributed by atoms with Crippen molar-refractivity contribution < 1.29 is 47.0 Å². The fourth-order valence-electron chi connectivity index (χ4n) is 10.5. The minimum absolute atomic E-state index is 0.103. The van der Waals surface area contributed by atoms with Gasteiger partial charge in [0.2, 0.25) is 11.8 Å². The monoisotopic (exact) mass is 949 g/mol. The summed E-state index contributed by atoms with van der Waals surface area (Å²) in [5.74, 6) is -2.70. The number of aromatic nitrogens is 4.